The summed E-state index contributed by atoms with van der Waals surface area (Å²) in [5.74, 6) is 0.169. The predicted molar refractivity (Wildman–Crippen MR) is 156 cm³/mol. The number of ketones is 1. The Labute approximate surface area is 240 Å². The van der Waals surface area contributed by atoms with Gasteiger partial charge in [-0.15, -0.1) is 0 Å². The Bertz CT molecular complexity index is 1620. The van der Waals surface area contributed by atoms with Crippen LogP contribution in [0.15, 0.2) is 36.5 Å². The highest BCUT2D eigenvalue weighted by atomic mass is 19.1. The van der Waals surface area contributed by atoms with E-state index >= 15 is 0 Å². The van der Waals surface area contributed by atoms with Crippen LogP contribution in [0.25, 0.3) is 16.9 Å². The van der Waals surface area contributed by atoms with Crippen LogP contribution < -0.4 is 0 Å². The van der Waals surface area contributed by atoms with E-state index in [9.17, 15) is 14.0 Å². The second-order valence-electron chi connectivity index (χ2n) is 12.6. The molecule has 0 saturated carbocycles. The number of aromatic nitrogens is 5. The van der Waals surface area contributed by atoms with Crippen molar-refractivity contribution in [1.29, 1.82) is 0 Å². The average molecular weight is 559 g/mol. The largest absolute Gasteiger partial charge is 0.332 e. The number of carbonyl (C=O) groups is 2. The Morgan fingerprint density at radius 3 is 2.56 bits per heavy atom. The van der Waals surface area contributed by atoms with E-state index in [0.29, 0.717) is 41.3 Å². The molecule has 5 rings (SSSR count). The molecule has 1 aliphatic rings. The van der Waals surface area contributed by atoms with E-state index in [4.69, 9.17) is 10.1 Å². The molecule has 2 unspecified atom stereocenters. The molecule has 0 bridgehead atoms. The first-order valence-corrected chi connectivity index (χ1v) is 14.4. The summed E-state index contributed by atoms with van der Waals surface area (Å²) in [6.07, 6.45) is 3.61. The molecule has 4 heterocycles. The van der Waals surface area contributed by atoms with Gasteiger partial charge in [-0.2, -0.15) is 10.2 Å². The van der Waals surface area contributed by atoms with Crippen molar-refractivity contribution in [2.24, 2.45) is 11.8 Å². The number of carbonyl (C=O) groups excluding carboxylic acids is 2. The number of benzene rings is 1. The van der Waals surface area contributed by atoms with Gasteiger partial charge in [0.15, 0.2) is 11.4 Å². The van der Waals surface area contributed by atoms with Gasteiger partial charge in [-0.1, -0.05) is 20.8 Å². The molecule has 1 aromatic carbocycles. The number of halogens is 1. The van der Waals surface area contributed by atoms with Gasteiger partial charge >= 0.3 is 0 Å². The summed E-state index contributed by atoms with van der Waals surface area (Å²) in [6, 6.07) is 8.72. The molecule has 216 valence electrons. The van der Waals surface area contributed by atoms with Crippen molar-refractivity contribution in [2.45, 2.75) is 79.2 Å². The Morgan fingerprint density at radius 1 is 1.15 bits per heavy atom. The number of hydrogen-bond acceptors (Lipinski definition) is 5. The topological polar surface area (TPSA) is 96.2 Å². The number of Topliss-reactive ketones (excluding diaryl/α,β-unsaturated/α-hetero) is 1. The van der Waals surface area contributed by atoms with Gasteiger partial charge in [-0.25, -0.2) is 13.9 Å². The van der Waals surface area contributed by atoms with E-state index in [1.54, 1.807) is 35.8 Å². The third kappa shape index (κ3) is 5.67. The Hall–Kier alpha value is -3.88. The van der Waals surface area contributed by atoms with E-state index in [1.165, 1.54) is 6.07 Å². The Balaban J connectivity index is 1.43. The first-order chi connectivity index (χ1) is 19.3. The van der Waals surface area contributed by atoms with Crippen molar-refractivity contribution < 1.29 is 14.0 Å². The fourth-order valence-corrected chi connectivity index (χ4v) is 6.14. The van der Waals surface area contributed by atoms with Crippen LogP contribution in [0.3, 0.4) is 0 Å². The normalized spacial score (nSPS) is 19.1. The lowest BCUT2D eigenvalue weighted by Crippen LogP contribution is -2.47. The minimum Gasteiger partial charge on any atom is -0.332 e. The minimum absolute atomic E-state index is 0.0311. The lowest BCUT2D eigenvalue weighted by Gasteiger charge is -2.37. The Kier molecular flexibility index (Phi) is 7.57. The van der Waals surface area contributed by atoms with Gasteiger partial charge in [0.25, 0.3) is 5.91 Å². The molecule has 0 aliphatic carbocycles. The molecular weight excluding hydrogens is 519 g/mol. The third-order valence-corrected chi connectivity index (χ3v) is 8.51. The zero-order valence-corrected chi connectivity index (χ0v) is 25.0. The molecule has 1 aliphatic heterocycles. The molecule has 0 spiro atoms. The van der Waals surface area contributed by atoms with Gasteiger partial charge in [0.1, 0.15) is 17.2 Å². The number of aromatic amines is 1. The average Bonchev–Trinajstić information content (AvgIpc) is 3.52. The van der Waals surface area contributed by atoms with E-state index in [0.717, 1.165) is 29.7 Å². The highest BCUT2D eigenvalue weighted by molar-refractivity contribution is 5.95. The zero-order chi connectivity index (χ0) is 29.6. The molecule has 1 saturated heterocycles. The van der Waals surface area contributed by atoms with Crippen LogP contribution in [0.2, 0.25) is 0 Å². The summed E-state index contributed by atoms with van der Waals surface area (Å²) in [5.41, 5.74) is 4.92. The van der Waals surface area contributed by atoms with Crippen molar-refractivity contribution in [3.05, 3.63) is 70.6 Å². The molecule has 9 heteroatoms. The van der Waals surface area contributed by atoms with Crippen molar-refractivity contribution in [1.82, 2.24) is 29.7 Å². The quantitative estimate of drug-likeness (QED) is 0.271. The number of hydrogen-bond donors (Lipinski definition) is 1. The summed E-state index contributed by atoms with van der Waals surface area (Å²) < 4.78 is 15.6. The second kappa shape index (κ2) is 10.8. The number of aryl methyl sites for hydroxylation is 2. The van der Waals surface area contributed by atoms with Crippen molar-refractivity contribution in [3.8, 4) is 11.3 Å². The van der Waals surface area contributed by atoms with Crippen molar-refractivity contribution >= 4 is 17.3 Å². The number of H-pyrrole nitrogens is 1. The van der Waals surface area contributed by atoms with E-state index in [1.807, 2.05) is 17.9 Å². The molecule has 1 amide bonds. The highest BCUT2D eigenvalue weighted by Gasteiger charge is 2.39. The molecule has 0 radical (unpaired) electrons. The minimum atomic E-state index is -0.419. The zero-order valence-electron chi connectivity index (χ0n) is 25.0. The smallest absolute Gasteiger partial charge is 0.274 e. The molecule has 2 atom stereocenters. The van der Waals surface area contributed by atoms with E-state index in [-0.39, 0.29) is 35.3 Å². The van der Waals surface area contributed by atoms with Gasteiger partial charge in [0, 0.05) is 35.3 Å². The molecule has 1 N–H and O–H groups in total. The fraction of sp³-hybridized carbons (Fsp3) is 0.469. The molecule has 8 nitrogen and oxygen atoms in total. The van der Waals surface area contributed by atoms with Crippen molar-refractivity contribution in [3.63, 3.8) is 0 Å². The first-order valence-electron chi connectivity index (χ1n) is 14.4. The highest BCUT2D eigenvalue weighted by Crippen LogP contribution is 2.37. The van der Waals surface area contributed by atoms with Crippen molar-refractivity contribution in [2.75, 3.05) is 6.54 Å². The second-order valence-corrected chi connectivity index (χ2v) is 12.6. The van der Waals surface area contributed by atoms with E-state index in [2.05, 4.69) is 44.8 Å². The predicted octanol–water partition coefficient (Wildman–Crippen LogP) is 6.54. The van der Waals surface area contributed by atoms with Gasteiger partial charge in [-0.05, 0) is 94.2 Å². The van der Waals surface area contributed by atoms with Crippen LogP contribution in [-0.4, -0.2) is 53.5 Å². The van der Waals surface area contributed by atoms with E-state index < -0.39 is 5.54 Å². The number of fused-ring (bicyclic) bond motifs is 1. The number of nitrogens with one attached hydrogen (secondary N) is 1. The third-order valence-electron chi connectivity index (χ3n) is 8.51. The van der Waals surface area contributed by atoms with Gasteiger partial charge in [-0.3, -0.25) is 14.7 Å². The maximum Gasteiger partial charge on any atom is 0.274 e. The lowest BCUT2D eigenvalue weighted by atomic mass is 9.81. The Morgan fingerprint density at radius 2 is 1.90 bits per heavy atom. The maximum atomic E-state index is 14.0. The van der Waals surface area contributed by atoms with Gasteiger partial charge < -0.3 is 4.90 Å². The lowest BCUT2D eigenvalue weighted by molar-refractivity contribution is 0.0536. The summed E-state index contributed by atoms with van der Waals surface area (Å²) in [7, 11) is 0. The molecule has 41 heavy (non-hydrogen) atoms. The summed E-state index contributed by atoms with van der Waals surface area (Å²) in [4.78, 5) is 33.6. The van der Waals surface area contributed by atoms with Crippen LogP contribution in [0.5, 0.6) is 0 Å². The number of likely N-dealkylation sites (tertiary alicyclic amines) is 1. The molecular formula is C32H39FN6O2. The SMILES string of the molecule is Cc1cc(C(=O)CC2CCN(C(=O)c3cn4nc(-c5ccc(F)c(C)c5)cc(C(C)C)c4n3)C(C)(C)CC2C)n[nH]1. The first kappa shape index (κ1) is 28.6. The van der Waals surface area contributed by atoms with Crippen LogP contribution in [0.1, 0.15) is 97.6 Å². The standard InChI is InChI=1S/C32H39FN6O2/c1-18(2)24-15-26(23-8-9-25(33)19(3)12-23)37-39-17-28(34-30(24)39)31(41)38-11-10-22(20(4)16-32(38,6)7)14-29(40)27-13-21(5)35-36-27/h8-9,12-13,15,17-18,20,22H,10-11,14,16H2,1-7H3,(H,35,36). The summed E-state index contributed by atoms with van der Waals surface area (Å²) in [5, 5.41) is 11.8. The van der Waals surface area contributed by atoms with Gasteiger partial charge in [0.05, 0.1) is 11.9 Å². The van der Waals surface area contributed by atoms with Crippen LogP contribution in [-0.2, 0) is 0 Å². The maximum absolute atomic E-state index is 14.0. The number of imidazole rings is 1. The van der Waals surface area contributed by atoms with Crippen LogP contribution >= 0.6 is 0 Å². The monoisotopic (exact) mass is 558 g/mol. The molecule has 1 fully saturated rings. The van der Waals surface area contributed by atoms with Gasteiger partial charge in [0.2, 0.25) is 0 Å². The van der Waals surface area contributed by atoms with Crippen LogP contribution in [0.4, 0.5) is 4.39 Å². The number of rotatable bonds is 6. The number of amides is 1. The van der Waals surface area contributed by atoms with Crippen LogP contribution in [0, 0.1) is 31.5 Å². The fourth-order valence-electron chi connectivity index (χ4n) is 6.14. The summed E-state index contributed by atoms with van der Waals surface area (Å²) >= 11 is 0. The molecule has 3 aromatic heterocycles. The number of nitrogens with zero attached hydrogens (tertiary/aromatic N) is 5. The molecule has 4 aromatic rings. The summed E-state index contributed by atoms with van der Waals surface area (Å²) in [6.45, 7) is 14.7.